The molecule has 0 unspecified atom stereocenters. The summed E-state index contributed by atoms with van der Waals surface area (Å²) in [4.78, 5) is 4.57. The fourth-order valence-electron chi connectivity index (χ4n) is 2.26. The maximum absolute atomic E-state index is 6.26. The minimum absolute atomic E-state index is 0.642. The van der Waals surface area contributed by atoms with E-state index >= 15 is 0 Å². The number of fused-ring (bicyclic) bond motifs is 1. The van der Waals surface area contributed by atoms with Crippen molar-refractivity contribution in [2.75, 3.05) is 0 Å². The van der Waals surface area contributed by atoms with Crippen LogP contribution in [0.1, 0.15) is 16.7 Å². The lowest BCUT2D eigenvalue weighted by Crippen LogP contribution is -1.83. The van der Waals surface area contributed by atoms with Gasteiger partial charge in [0.2, 0.25) is 5.89 Å². The van der Waals surface area contributed by atoms with Crippen LogP contribution in [0, 0.1) is 20.8 Å². The van der Waals surface area contributed by atoms with Crippen LogP contribution in [-0.2, 0) is 0 Å². The van der Waals surface area contributed by atoms with Crippen molar-refractivity contribution in [3.8, 4) is 11.5 Å². The minimum Gasteiger partial charge on any atom is -0.436 e. The molecule has 0 spiro atoms. The number of halogens is 1. The summed E-state index contributed by atoms with van der Waals surface area (Å²) >= 11 is 6.26. The molecule has 0 radical (unpaired) electrons. The van der Waals surface area contributed by atoms with E-state index in [0.29, 0.717) is 5.89 Å². The van der Waals surface area contributed by atoms with Gasteiger partial charge in [-0.05, 0) is 50.1 Å². The molecule has 96 valence electrons. The molecule has 1 heterocycles. The van der Waals surface area contributed by atoms with Crippen molar-refractivity contribution in [1.82, 2.24) is 4.98 Å². The molecule has 0 atom stereocenters. The second-order valence-electron chi connectivity index (χ2n) is 4.87. The zero-order chi connectivity index (χ0) is 13.6. The molecule has 0 saturated heterocycles. The van der Waals surface area contributed by atoms with E-state index in [-0.39, 0.29) is 0 Å². The maximum atomic E-state index is 6.26. The third-order valence-electron chi connectivity index (χ3n) is 3.30. The van der Waals surface area contributed by atoms with Crippen LogP contribution in [-0.4, -0.2) is 4.98 Å². The van der Waals surface area contributed by atoms with Crippen molar-refractivity contribution in [2.24, 2.45) is 0 Å². The molecule has 0 aliphatic heterocycles. The number of nitrogens with zero attached hydrogens (tertiary/aromatic N) is 1. The van der Waals surface area contributed by atoms with Gasteiger partial charge in [0.25, 0.3) is 0 Å². The average molecular weight is 272 g/mol. The largest absolute Gasteiger partial charge is 0.436 e. The Labute approximate surface area is 117 Å². The van der Waals surface area contributed by atoms with Crippen LogP contribution >= 0.6 is 11.6 Å². The van der Waals surface area contributed by atoms with Crippen LogP contribution < -0.4 is 0 Å². The summed E-state index contributed by atoms with van der Waals surface area (Å²) in [5.74, 6) is 0.642. The molecular formula is C16H14ClNO. The molecular weight excluding hydrogens is 258 g/mol. The second kappa shape index (κ2) is 4.39. The first-order chi connectivity index (χ1) is 9.06. The second-order valence-corrected chi connectivity index (χ2v) is 5.25. The van der Waals surface area contributed by atoms with Gasteiger partial charge >= 0.3 is 0 Å². The van der Waals surface area contributed by atoms with Crippen LogP contribution in [0.5, 0.6) is 0 Å². The summed E-state index contributed by atoms with van der Waals surface area (Å²) in [6, 6.07) is 10.1. The predicted molar refractivity (Wildman–Crippen MR) is 78.7 cm³/mol. The molecule has 1 aromatic heterocycles. The summed E-state index contributed by atoms with van der Waals surface area (Å²) in [5.41, 5.74) is 5.79. The Morgan fingerprint density at radius 1 is 1.11 bits per heavy atom. The van der Waals surface area contributed by atoms with Crippen LogP contribution in [0.4, 0.5) is 0 Å². The summed E-state index contributed by atoms with van der Waals surface area (Å²) in [5, 5.41) is 0.761. The lowest BCUT2D eigenvalue weighted by Gasteiger charge is -2.00. The summed E-state index contributed by atoms with van der Waals surface area (Å²) in [6.45, 7) is 6.00. The number of aryl methyl sites for hydroxylation is 3. The molecule has 3 rings (SSSR count). The zero-order valence-electron chi connectivity index (χ0n) is 11.1. The number of oxazole rings is 1. The lowest BCUT2D eigenvalue weighted by molar-refractivity contribution is 0.619. The predicted octanol–water partition coefficient (Wildman–Crippen LogP) is 5.07. The zero-order valence-corrected chi connectivity index (χ0v) is 11.9. The van der Waals surface area contributed by atoms with Crippen molar-refractivity contribution < 1.29 is 4.42 Å². The SMILES string of the molecule is Cc1cccc(-c2nc3c(C)c(Cl)c(C)cc3o2)c1. The van der Waals surface area contributed by atoms with Gasteiger partial charge in [0, 0.05) is 10.6 Å². The number of aromatic nitrogens is 1. The Morgan fingerprint density at radius 2 is 1.89 bits per heavy atom. The standard InChI is InChI=1S/C16H14ClNO/c1-9-5-4-6-12(7-9)16-18-15-11(3)14(17)10(2)8-13(15)19-16/h4-8H,1-3H3. The minimum atomic E-state index is 0.642. The third kappa shape index (κ3) is 2.02. The van der Waals surface area contributed by atoms with Crippen LogP contribution in [0.15, 0.2) is 34.7 Å². The average Bonchev–Trinajstić information content (AvgIpc) is 2.80. The number of rotatable bonds is 1. The van der Waals surface area contributed by atoms with Crippen LogP contribution in [0.25, 0.3) is 22.6 Å². The Kier molecular flexibility index (Phi) is 2.83. The molecule has 2 aromatic carbocycles. The first kappa shape index (κ1) is 12.2. The van der Waals surface area contributed by atoms with Gasteiger partial charge in [-0.3, -0.25) is 0 Å². The highest BCUT2D eigenvalue weighted by atomic mass is 35.5. The Balaban J connectivity index is 2.25. The number of hydrogen-bond acceptors (Lipinski definition) is 2. The number of hydrogen-bond donors (Lipinski definition) is 0. The van der Waals surface area contributed by atoms with Crippen molar-refractivity contribution >= 4 is 22.7 Å². The van der Waals surface area contributed by atoms with Crippen molar-refractivity contribution in [3.63, 3.8) is 0 Å². The molecule has 3 heteroatoms. The first-order valence-electron chi connectivity index (χ1n) is 6.19. The van der Waals surface area contributed by atoms with Gasteiger partial charge in [-0.1, -0.05) is 29.3 Å². The van der Waals surface area contributed by atoms with Gasteiger partial charge in [-0.25, -0.2) is 4.98 Å². The van der Waals surface area contributed by atoms with Crippen molar-refractivity contribution in [1.29, 1.82) is 0 Å². The fourth-order valence-corrected chi connectivity index (χ4v) is 2.40. The number of benzene rings is 2. The first-order valence-corrected chi connectivity index (χ1v) is 6.57. The molecule has 0 N–H and O–H groups in total. The van der Waals surface area contributed by atoms with Crippen molar-refractivity contribution in [3.05, 3.63) is 52.0 Å². The molecule has 19 heavy (non-hydrogen) atoms. The highest BCUT2D eigenvalue weighted by molar-refractivity contribution is 6.33. The quantitative estimate of drug-likeness (QED) is 0.617. The van der Waals surface area contributed by atoms with Gasteiger partial charge in [-0.2, -0.15) is 0 Å². The third-order valence-corrected chi connectivity index (χ3v) is 3.88. The summed E-state index contributed by atoms with van der Waals surface area (Å²) in [6.07, 6.45) is 0. The van der Waals surface area contributed by atoms with E-state index < -0.39 is 0 Å². The highest BCUT2D eigenvalue weighted by Gasteiger charge is 2.13. The lowest BCUT2D eigenvalue weighted by atomic mass is 10.1. The Morgan fingerprint density at radius 3 is 2.63 bits per heavy atom. The topological polar surface area (TPSA) is 26.0 Å². The highest BCUT2D eigenvalue weighted by Crippen LogP contribution is 2.32. The van der Waals surface area contributed by atoms with E-state index in [1.165, 1.54) is 5.56 Å². The van der Waals surface area contributed by atoms with E-state index in [1.807, 2.05) is 32.0 Å². The molecule has 0 aliphatic carbocycles. The fraction of sp³-hybridized carbons (Fsp3) is 0.188. The molecule has 0 aliphatic rings. The van der Waals surface area contributed by atoms with Gasteiger partial charge in [0.1, 0.15) is 5.52 Å². The molecule has 0 bridgehead atoms. The van der Waals surface area contributed by atoms with E-state index in [0.717, 1.165) is 32.8 Å². The Hall–Kier alpha value is -1.80. The molecule has 0 fully saturated rings. The normalized spacial score (nSPS) is 11.2. The molecule has 0 saturated carbocycles. The van der Waals surface area contributed by atoms with Crippen molar-refractivity contribution in [2.45, 2.75) is 20.8 Å². The maximum Gasteiger partial charge on any atom is 0.227 e. The summed E-state index contributed by atoms with van der Waals surface area (Å²) in [7, 11) is 0. The van der Waals surface area contributed by atoms with Gasteiger partial charge in [0.15, 0.2) is 5.58 Å². The summed E-state index contributed by atoms with van der Waals surface area (Å²) < 4.78 is 5.86. The van der Waals surface area contributed by atoms with Crippen LogP contribution in [0.3, 0.4) is 0 Å². The monoisotopic (exact) mass is 271 g/mol. The Bertz CT molecular complexity index is 774. The molecule has 0 amide bonds. The van der Waals surface area contributed by atoms with Gasteiger partial charge in [0.05, 0.1) is 0 Å². The molecule has 3 aromatic rings. The van der Waals surface area contributed by atoms with E-state index in [1.54, 1.807) is 0 Å². The molecule has 2 nitrogen and oxygen atoms in total. The van der Waals surface area contributed by atoms with Gasteiger partial charge < -0.3 is 4.42 Å². The van der Waals surface area contributed by atoms with Crippen LogP contribution in [0.2, 0.25) is 5.02 Å². The van der Waals surface area contributed by atoms with Gasteiger partial charge in [-0.15, -0.1) is 0 Å². The van der Waals surface area contributed by atoms with E-state index in [4.69, 9.17) is 16.0 Å². The van der Waals surface area contributed by atoms with E-state index in [9.17, 15) is 0 Å². The smallest absolute Gasteiger partial charge is 0.227 e. The van der Waals surface area contributed by atoms with E-state index in [2.05, 4.69) is 24.0 Å².